The van der Waals surface area contributed by atoms with E-state index in [0.717, 1.165) is 22.4 Å². The van der Waals surface area contributed by atoms with E-state index >= 15 is 0 Å². The number of rotatable bonds is 4. The van der Waals surface area contributed by atoms with Gasteiger partial charge in [0.15, 0.2) is 17.5 Å². The van der Waals surface area contributed by atoms with Crippen molar-refractivity contribution in [1.82, 2.24) is 19.5 Å². The van der Waals surface area contributed by atoms with E-state index in [-0.39, 0.29) is 0 Å². The summed E-state index contributed by atoms with van der Waals surface area (Å²) in [5, 5.41) is 2.56. The van der Waals surface area contributed by atoms with Crippen LogP contribution < -0.4 is 5.46 Å². The molecule has 0 bridgehead atoms. The number of nitrogens with zero attached hydrogens (tertiary/aromatic N) is 4. The summed E-state index contributed by atoms with van der Waals surface area (Å²) >= 11 is 0. The van der Waals surface area contributed by atoms with Crippen LogP contribution in [0.1, 0.15) is 0 Å². The molecule has 4 nitrogen and oxygen atoms in total. The van der Waals surface area contributed by atoms with E-state index in [4.69, 9.17) is 15.0 Å². The number of hydrogen-bond acceptors (Lipinski definition) is 3. The average molecular weight is 486 g/mol. The lowest BCUT2D eigenvalue weighted by atomic mass is 9.91. The lowest BCUT2D eigenvalue weighted by molar-refractivity contribution is 1.07. The van der Waals surface area contributed by atoms with Gasteiger partial charge in [0.1, 0.15) is 7.85 Å². The van der Waals surface area contributed by atoms with E-state index in [9.17, 15) is 0 Å². The van der Waals surface area contributed by atoms with Crippen molar-refractivity contribution in [3.05, 3.63) is 127 Å². The largest absolute Gasteiger partial charge is 0.309 e. The molecule has 0 aliphatic rings. The van der Waals surface area contributed by atoms with Crippen LogP contribution in [0.4, 0.5) is 0 Å². The van der Waals surface area contributed by atoms with Crippen LogP contribution >= 0.6 is 0 Å². The predicted molar refractivity (Wildman–Crippen MR) is 159 cm³/mol. The van der Waals surface area contributed by atoms with E-state index < -0.39 is 0 Å². The normalized spacial score (nSPS) is 11.3. The first-order valence-corrected chi connectivity index (χ1v) is 12.7. The number of para-hydroxylation sites is 1. The van der Waals surface area contributed by atoms with Gasteiger partial charge in [-0.15, -0.1) is 0 Å². The summed E-state index contributed by atoms with van der Waals surface area (Å²) in [6, 6.07) is 43.7. The SMILES string of the molecule is Bc1cccc2c1c1ccccc1n2-c1ccc(-c2nc(-c3ccccc3)nc(-c3ccccc3)n2)cc1. The Balaban J connectivity index is 1.37. The molecule has 5 aromatic carbocycles. The molecule has 0 spiro atoms. The Morgan fingerprint density at radius 1 is 0.447 bits per heavy atom. The molecule has 2 aromatic heterocycles. The molecule has 0 atom stereocenters. The zero-order chi connectivity index (χ0) is 25.5. The maximum atomic E-state index is 4.87. The summed E-state index contributed by atoms with van der Waals surface area (Å²) < 4.78 is 2.33. The molecule has 0 N–H and O–H groups in total. The van der Waals surface area contributed by atoms with Gasteiger partial charge in [0.05, 0.1) is 11.0 Å². The molecule has 178 valence electrons. The lowest BCUT2D eigenvalue weighted by Gasteiger charge is -2.11. The van der Waals surface area contributed by atoms with Crippen LogP contribution in [0.2, 0.25) is 0 Å². The third-order valence-electron chi connectivity index (χ3n) is 6.99. The van der Waals surface area contributed by atoms with Crippen LogP contribution in [-0.2, 0) is 0 Å². The predicted octanol–water partition coefficient (Wildman–Crippen LogP) is 6.23. The van der Waals surface area contributed by atoms with Crippen molar-refractivity contribution in [2.24, 2.45) is 0 Å². The fourth-order valence-corrected chi connectivity index (χ4v) is 5.17. The van der Waals surface area contributed by atoms with Crippen molar-refractivity contribution in [2.75, 3.05) is 0 Å². The van der Waals surface area contributed by atoms with Crippen LogP contribution in [-0.4, -0.2) is 27.4 Å². The zero-order valence-electron chi connectivity index (χ0n) is 20.9. The highest BCUT2D eigenvalue weighted by Gasteiger charge is 2.15. The molecule has 0 saturated heterocycles. The Bertz CT molecular complexity index is 1850. The molecular formula is C33H23BN4. The second-order valence-electron chi connectivity index (χ2n) is 9.41. The van der Waals surface area contributed by atoms with Crippen molar-refractivity contribution < 1.29 is 0 Å². The molecule has 0 fully saturated rings. The summed E-state index contributed by atoms with van der Waals surface area (Å²) in [4.78, 5) is 14.6. The van der Waals surface area contributed by atoms with E-state index in [1.165, 1.54) is 27.3 Å². The zero-order valence-corrected chi connectivity index (χ0v) is 20.9. The van der Waals surface area contributed by atoms with Crippen molar-refractivity contribution in [2.45, 2.75) is 0 Å². The highest BCUT2D eigenvalue weighted by atomic mass is 15.0. The Labute approximate surface area is 221 Å². The summed E-state index contributed by atoms with van der Waals surface area (Å²) in [5.74, 6) is 1.98. The number of benzene rings is 5. The van der Waals surface area contributed by atoms with Crippen molar-refractivity contribution in [3.8, 4) is 39.9 Å². The summed E-state index contributed by atoms with van der Waals surface area (Å²) in [6.07, 6.45) is 0. The second kappa shape index (κ2) is 9.13. The molecule has 0 amide bonds. The Kier molecular flexibility index (Phi) is 5.33. The molecule has 0 unspecified atom stereocenters. The van der Waals surface area contributed by atoms with Crippen LogP contribution in [0, 0.1) is 0 Å². The second-order valence-corrected chi connectivity index (χ2v) is 9.41. The van der Waals surface area contributed by atoms with Crippen LogP contribution in [0.3, 0.4) is 0 Å². The van der Waals surface area contributed by atoms with E-state index in [2.05, 4.69) is 79.1 Å². The number of fused-ring (bicyclic) bond motifs is 3. The van der Waals surface area contributed by atoms with Crippen LogP contribution in [0.25, 0.3) is 61.7 Å². The highest BCUT2D eigenvalue weighted by molar-refractivity contribution is 6.41. The maximum absolute atomic E-state index is 4.87. The van der Waals surface area contributed by atoms with Crippen molar-refractivity contribution in [3.63, 3.8) is 0 Å². The molecule has 0 aliphatic carbocycles. The first kappa shape index (κ1) is 22.2. The highest BCUT2D eigenvalue weighted by Crippen LogP contribution is 2.32. The van der Waals surface area contributed by atoms with Crippen molar-refractivity contribution >= 4 is 35.1 Å². The van der Waals surface area contributed by atoms with Gasteiger partial charge in [0.2, 0.25) is 0 Å². The minimum absolute atomic E-state index is 0.655. The van der Waals surface area contributed by atoms with Crippen LogP contribution in [0.15, 0.2) is 127 Å². The standard InChI is InChI=1S/C33H23BN4/c34-27-15-9-17-29-30(27)26-14-7-8-16-28(26)38(29)25-20-18-24(19-21-25)33-36-31(22-10-3-1-4-11-22)35-32(37-33)23-12-5-2-6-13-23/h1-21H,34H2. The van der Waals surface area contributed by atoms with E-state index in [1.54, 1.807) is 0 Å². The summed E-state index contributed by atoms with van der Waals surface area (Å²) in [7, 11) is 2.18. The van der Waals surface area contributed by atoms with Crippen molar-refractivity contribution in [1.29, 1.82) is 0 Å². The quantitative estimate of drug-likeness (QED) is 0.277. The smallest absolute Gasteiger partial charge is 0.164 e. The average Bonchev–Trinajstić information content (AvgIpc) is 3.33. The first-order chi connectivity index (χ1) is 18.8. The lowest BCUT2D eigenvalue weighted by Crippen LogP contribution is -2.02. The molecule has 0 aliphatic heterocycles. The summed E-state index contributed by atoms with van der Waals surface area (Å²) in [6.45, 7) is 0. The van der Waals surface area contributed by atoms with Gasteiger partial charge in [-0.2, -0.15) is 0 Å². The topological polar surface area (TPSA) is 43.6 Å². The number of aromatic nitrogens is 4. The fraction of sp³-hybridized carbons (Fsp3) is 0. The third-order valence-corrected chi connectivity index (χ3v) is 6.99. The van der Waals surface area contributed by atoms with Gasteiger partial charge in [-0.25, -0.2) is 15.0 Å². The molecule has 5 heteroatoms. The maximum Gasteiger partial charge on any atom is 0.164 e. The Hall–Kier alpha value is -5.03. The third kappa shape index (κ3) is 3.77. The molecule has 0 radical (unpaired) electrons. The van der Waals surface area contributed by atoms with Gasteiger partial charge >= 0.3 is 0 Å². The molecule has 0 saturated carbocycles. The van der Waals surface area contributed by atoms with Gasteiger partial charge in [0.25, 0.3) is 0 Å². The van der Waals surface area contributed by atoms with Gasteiger partial charge in [-0.3, -0.25) is 0 Å². The van der Waals surface area contributed by atoms with E-state index in [1.807, 2.05) is 60.7 Å². The summed E-state index contributed by atoms with van der Waals surface area (Å²) in [5.41, 5.74) is 7.66. The number of hydrogen-bond donors (Lipinski definition) is 0. The van der Waals surface area contributed by atoms with E-state index in [0.29, 0.717) is 17.5 Å². The van der Waals surface area contributed by atoms with Gasteiger partial charge in [-0.1, -0.05) is 96.5 Å². The molecule has 7 aromatic rings. The Morgan fingerprint density at radius 3 is 1.55 bits per heavy atom. The van der Waals surface area contributed by atoms with Gasteiger partial charge < -0.3 is 4.57 Å². The minimum atomic E-state index is 0.655. The fourth-order valence-electron chi connectivity index (χ4n) is 5.17. The monoisotopic (exact) mass is 486 g/mol. The minimum Gasteiger partial charge on any atom is -0.309 e. The Morgan fingerprint density at radius 2 is 0.947 bits per heavy atom. The molecule has 38 heavy (non-hydrogen) atoms. The first-order valence-electron chi connectivity index (χ1n) is 12.7. The van der Waals surface area contributed by atoms with Gasteiger partial charge in [-0.05, 0) is 36.4 Å². The van der Waals surface area contributed by atoms with Crippen LogP contribution in [0.5, 0.6) is 0 Å². The molecular weight excluding hydrogens is 463 g/mol. The molecule has 7 rings (SSSR count). The van der Waals surface area contributed by atoms with Gasteiger partial charge in [0, 0.05) is 33.2 Å². The molecule has 2 heterocycles.